The van der Waals surface area contributed by atoms with Crippen LogP contribution in [0.1, 0.15) is 45.8 Å². The summed E-state index contributed by atoms with van der Waals surface area (Å²) in [4.78, 5) is 73.6. The largest absolute Gasteiger partial charge is 0.504 e. The maximum Gasteiger partial charge on any atom is 0.416 e. The van der Waals surface area contributed by atoms with E-state index in [2.05, 4.69) is 25.3 Å². The van der Waals surface area contributed by atoms with Crippen molar-refractivity contribution in [3.63, 3.8) is 0 Å². The number of benzene rings is 2. The van der Waals surface area contributed by atoms with Gasteiger partial charge in [0.2, 0.25) is 11.7 Å². The summed E-state index contributed by atoms with van der Waals surface area (Å²) in [5.74, 6) is -1.28. The van der Waals surface area contributed by atoms with Crippen LogP contribution >= 0.6 is 11.6 Å². The predicted molar refractivity (Wildman–Crippen MR) is 211 cm³/mol. The number of piperidine rings is 1. The molecule has 8 rings (SSSR count). The molecule has 0 radical (unpaired) electrons. The summed E-state index contributed by atoms with van der Waals surface area (Å²) in [6.45, 7) is 3.68. The van der Waals surface area contributed by atoms with Crippen molar-refractivity contribution < 1.29 is 37.4 Å². The Hall–Kier alpha value is -6.28. The predicted octanol–water partition coefficient (Wildman–Crippen LogP) is 4.14. The monoisotopic (exact) mass is 849 g/mol. The molecule has 1 spiro atoms. The highest BCUT2D eigenvalue weighted by atomic mass is 35.5. The zero-order valence-corrected chi connectivity index (χ0v) is 33.4. The highest BCUT2D eigenvalue weighted by Gasteiger charge is 2.48. The highest BCUT2D eigenvalue weighted by molar-refractivity contribution is 6.33. The molecule has 6 heterocycles. The molecule has 0 aliphatic carbocycles. The molecule has 2 saturated heterocycles. The summed E-state index contributed by atoms with van der Waals surface area (Å²) in [5.41, 5.74) is -0.527. The third-order valence-corrected chi connectivity index (χ3v) is 11.5. The lowest BCUT2D eigenvalue weighted by molar-refractivity contribution is -0.137. The molecule has 0 bridgehead atoms. The third kappa shape index (κ3) is 7.33. The number of aryl methyl sites for hydroxylation is 1. The molecule has 17 nitrogen and oxygen atoms in total. The molecule has 0 atom stereocenters. The van der Waals surface area contributed by atoms with Gasteiger partial charge in [-0.05, 0) is 62.2 Å². The molecule has 60 heavy (non-hydrogen) atoms. The molecule has 0 saturated carbocycles. The number of nitrogens with zero attached hydrogens (tertiary/aromatic N) is 10. The number of amides is 4. The number of urea groups is 1. The van der Waals surface area contributed by atoms with Gasteiger partial charge in [-0.3, -0.25) is 14.4 Å². The lowest BCUT2D eigenvalue weighted by Gasteiger charge is -2.38. The van der Waals surface area contributed by atoms with Gasteiger partial charge in [-0.25, -0.2) is 14.8 Å². The normalized spacial score (nSPS) is 16.4. The molecule has 0 unspecified atom stereocenters. The minimum absolute atomic E-state index is 0.0241. The van der Waals surface area contributed by atoms with Gasteiger partial charge in [0.25, 0.3) is 11.5 Å². The van der Waals surface area contributed by atoms with Gasteiger partial charge in [-0.2, -0.15) is 22.7 Å². The van der Waals surface area contributed by atoms with Gasteiger partial charge in [0.05, 0.1) is 39.8 Å². The minimum atomic E-state index is -4.64. The van der Waals surface area contributed by atoms with Gasteiger partial charge in [0.15, 0.2) is 17.3 Å². The van der Waals surface area contributed by atoms with Crippen LogP contribution in [0, 0.1) is 6.92 Å². The van der Waals surface area contributed by atoms with Crippen LogP contribution in [0.25, 0.3) is 17.2 Å². The van der Waals surface area contributed by atoms with Crippen LogP contribution in [-0.2, 0) is 34.5 Å². The van der Waals surface area contributed by atoms with Crippen LogP contribution < -0.4 is 15.8 Å². The van der Waals surface area contributed by atoms with Crippen LogP contribution in [0.3, 0.4) is 0 Å². The van der Waals surface area contributed by atoms with Crippen molar-refractivity contribution in [3.8, 4) is 17.1 Å². The lowest BCUT2D eigenvalue weighted by Crippen LogP contribution is -2.51. The Morgan fingerprint density at radius 2 is 1.68 bits per heavy atom. The van der Waals surface area contributed by atoms with Crippen LogP contribution in [0.15, 0.2) is 53.6 Å². The summed E-state index contributed by atoms with van der Waals surface area (Å²) < 4.78 is 48.9. The fourth-order valence-electron chi connectivity index (χ4n) is 7.90. The number of hydrogen-bond acceptors (Lipinski definition) is 11. The molecule has 21 heteroatoms. The number of piperazine rings is 1. The average Bonchev–Trinajstić information content (AvgIpc) is 3.84. The lowest BCUT2D eigenvalue weighted by atomic mass is 9.85. The number of halogens is 4. The third-order valence-electron chi connectivity index (χ3n) is 11.2. The van der Waals surface area contributed by atoms with Gasteiger partial charge < -0.3 is 39.3 Å². The van der Waals surface area contributed by atoms with Crippen LogP contribution in [0.4, 0.5) is 29.3 Å². The SMILES string of the molecule is Cc1ncnc(C(=O)N2CCC3(CC2)OCc2c3c(=O)n3nc(-c4ccc(N5CCN(C(=O)N(C)C)CC5)cc4)nc3n2CC(=O)Nc2ccc(C(F)(F)F)cc2Cl)c1O. The Kier molecular flexibility index (Phi) is 10.4. The Morgan fingerprint density at radius 3 is 2.33 bits per heavy atom. The molecule has 3 aromatic heterocycles. The first-order chi connectivity index (χ1) is 28.5. The smallest absolute Gasteiger partial charge is 0.416 e. The number of rotatable bonds is 6. The van der Waals surface area contributed by atoms with Crippen molar-refractivity contribution in [2.75, 3.05) is 63.6 Å². The summed E-state index contributed by atoms with van der Waals surface area (Å²) in [6.07, 6.45) is -3.07. The Balaban J connectivity index is 1.11. The molecule has 3 aliphatic rings. The van der Waals surface area contributed by atoms with Crippen molar-refractivity contribution in [2.45, 2.75) is 44.7 Å². The molecule has 2 aromatic carbocycles. The number of ether oxygens (including phenoxy) is 1. The average molecular weight is 850 g/mol. The number of carbonyl (C=O) groups is 3. The number of anilines is 2. The number of likely N-dealkylation sites (tertiary alicyclic amines) is 1. The molecule has 314 valence electrons. The number of nitrogens with one attached hydrogen (secondary N) is 1. The maximum atomic E-state index is 14.5. The molecule has 2 N–H and O–H groups in total. The number of fused-ring (bicyclic) bond motifs is 3. The fourth-order valence-corrected chi connectivity index (χ4v) is 8.13. The Morgan fingerprint density at radius 1 is 0.983 bits per heavy atom. The van der Waals surface area contributed by atoms with Crippen molar-refractivity contribution >= 4 is 46.6 Å². The van der Waals surface area contributed by atoms with Crippen molar-refractivity contribution in [1.29, 1.82) is 0 Å². The molecule has 3 aliphatic heterocycles. The second-order valence-electron chi connectivity index (χ2n) is 15.0. The minimum Gasteiger partial charge on any atom is -0.504 e. The molecular formula is C39H39ClF3N11O6. The van der Waals surface area contributed by atoms with E-state index in [1.165, 1.54) is 15.8 Å². The number of aromatic nitrogens is 6. The number of aromatic hydroxyl groups is 1. The van der Waals surface area contributed by atoms with Gasteiger partial charge in [0, 0.05) is 64.6 Å². The van der Waals surface area contributed by atoms with E-state index in [1.807, 2.05) is 24.3 Å². The fraction of sp³-hybridized carbons (Fsp3) is 0.385. The van der Waals surface area contributed by atoms with Crippen LogP contribution in [0.5, 0.6) is 5.75 Å². The first-order valence-electron chi connectivity index (χ1n) is 19.0. The van der Waals surface area contributed by atoms with E-state index >= 15 is 0 Å². The van der Waals surface area contributed by atoms with E-state index in [9.17, 15) is 37.5 Å². The zero-order valence-electron chi connectivity index (χ0n) is 32.7. The van der Waals surface area contributed by atoms with E-state index in [1.54, 1.807) is 30.8 Å². The van der Waals surface area contributed by atoms with Crippen molar-refractivity contribution in [2.24, 2.45) is 0 Å². The molecular weight excluding hydrogens is 811 g/mol. The first kappa shape index (κ1) is 40.5. The Bertz CT molecular complexity index is 2580. The number of hydrogen-bond donors (Lipinski definition) is 2. The summed E-state index contributed by atoms with van der Waals surface area (Å²) in [6, 6.07) is 9.98. The quantitative estimate of drug-likeness (QED) is 0.251. The first-order valence-corrected chi connectivity index (χ1v) is 19.4. The van der Waals surface area contributed by atoms with E-state index in [-0.39, 0.29) is 83.6 Å². The topological polar surface area (TPSA) is 184 Å². The van der Waals surface area contributed by atoms with E-state index in [4.69, 9.17) is 21.3 Å². The van der Waals surface area contributed by atoms with Gasteiger partial charge in [0.1, 0.15) is 18.5 Å². The molecule has 2 fully saturated rings. The van der Waals surface area contributed by atoms with Crippen molar-refractivity contribution in [1.82, 2.24) is 43.8 Å². The summed E-state index contributed by atoms with van der Waals surface area (Å²) in [5, 5.41) is 17.3. The number of alkyl halides is 3. The molecule has 5 aromatic rings. The van der Waals surface area contributed by atoms with E-state index in [0.717, 1.165) is 28.4 Å². The second kappa shape index (κ2) is 15.4. The zero-order chi connectivity index (χ0) is 42.7. The van der Waals surface area contributed by atoms with Gasteiger partial charge in [-0.15, -0.1) is 5.10 Å². The summed E-state index contributed by atoms with van der Waals surface area (Å²) in [7, 11) is 3.44. The second-order valence-corrected chi connectivity index (χ2v) is 15.4. The summed E-state index contributed by atoms with van der Waals surface area (Å²) >= 11 is 6.16. The van der Waals surface area contributed by atoms with E-state index < -0.39 is 41.3 Å². The standard InChI is InChI=1S/C39H39ClF3N11O6/c1-22-32(56)31(45-21-44-22)35(58)51-12-10-38(11-13-51)30-28(20-60-38)53(19-29(55)46-27-9-6-24(18-26(27)40)39(41,42)43)36-47-33(48-54(36)34(30)57)23-4-7-25(8-5-23)50-14-16-52(17-15-50)37(59)49(2)3/h4-9,18,21,56H,10-17,19-20H2,1-3H3,(H,46,55). The maximum absolute atomic E-state index is 14.5. The van der Waals surface area contributed by atoms with Crippen molar-refractivity contribution in [3.05, 3.63) is 92.4 Å². The van der Waals surface area contributed by atoms with Crippen LogP contribution in [-0.4, -0.2) is 120 Å². The van der Waals surface area contributed by atoms with Gasteiger partial charge in [-0.1, -0.05) is 11.6 Å². The number of carbonyl (C=O) groups excluding carboxylic acids is 3. The Labute approximate surface area is 344 Å². The molecule has 4 amide bonds. The van der Waals surface area contributed by atoms with Gasteiger partial charge >= 0.3 is 12.2 Å². The van der Waals surface area contributed by atoms with Crippen LogP contribution in [0.2, 0.25) is 5.02 Å². The van der Waals surface area contributed by atoms with E-state index in [0.29, 0.717) is 37.4 Å². The highest BCUT2D eigenvalue weighted by Crippen LogP contribution is 2.43.